The van der Waals surface area contributed by atoms with Gasteiger partial charge in [-0.1, -0.05) is 23.7 Å². The van der Waals surface area contributed by atoms with E-state index in [1.807, 2.05) is 6.07 Å². The lowest BCUT2D eigenvalue weighted by Gasteiger charge is -2.16. The molecule has 4 nitrogen and oxygen atoms in total. The van der Waals surface area contributed by atoms with Crippen LogP contribution in [-0.2, 0) is 12.7 Å². The van der Waals surface area contributed by atoms with Gasteiger partial charge < -0.3 is 10.2 Å². The lowest BCUT2D eigenvalue weighted by Crippen LogP contribution is -2.14. The van der Waals surface area contributed by atoms with E-state index in [2.05, 4.69) is 15.3 Å². The fourth-order valence-corrected chi connectivity index (χ4v) is 3.32. The first-order chi connectivity index (χ1) is 12.7. The smallest absolute Gasteiger partial charge is 0.380 e. The highest BCUT2D eigenvalue weighted by Crippen LogP contribution is 2.34. The first-order valence-electron chi connectivity index (χ1n) is 7.93. The number of thiazole rings is 1. The largest absolute Gasteiger partial charge is 0.416 e. The Morgan fingerprint density at radius 3 is 2.59 bits per heavy atom. The molecule has 0 spiro atoms. The molecule has 0 aliphatic carbocycles. The van der Waals surface area contributed by atoms with Gasteiger partial charge in [-0.3, -0.25) is 0 Å². The molecular formula is C18H16ClF3N4S. The summed E-state index contributed by atoms with van der Waals surface area (Å²) >= 11 is 7.18. The number of aromatic nitrogens is 2. The van der Waals surface area contributed by atoms with Gasteiger partial charge in [-0.25, -0.2) is 9.97 Å². The number of rotatable bonds is 5. The number of halogens is 4. The minimum absolute atomic E-state index is 0.248. The molecule has 0 amide bonds. The maximum absolute atomic E-state index is 13.2. The van der Waals surface area contributed by atoms with Gasteiger partial charge in [0.15, 0.2) is 4.47 Å². The normalized spacial score (nSPS) is 11.5. The van der Waals surface area contributed by atoms with Crippen LogP contribution >= 0.6 is 22.9 Å². The standard InChI is InChI=1S/C18H16ClF3N4S/c1-26(2)16-8-12(18(20,21)22)7-15(25-16)11-4-3-5-13(6-11)23-9-14-10-24-17(19)27-14/h3-8,10,23H,9H2,1-2H3. The molecule has 0 unspecified atom stereocenters. The summed E-state index contributed by atoms with van der Waals surface area (Å²) < 4.78 is 40.2. The molecule has 0 bridgehead atoms. The van der Waals surface area contributed by atoms with E-state index in [9.17, 15) is 13.2 Å². The Balaban J connectivity index is 1.90. The van der Waals surface area contributed by atoms with Gasteiger partial charge in [0.25, 0.3) is 0 Å². The molecule has 2 heterocycles. The Morgan fingerprint density at radius 2 is 1.96 bits per heavy atom. The Kier molecular flexibility index (Phi) is 5.57. The fourth-order valence-electron chi connectivity index (χ4n) is 2.40. The maximum atomic E-state index is 13.2. The number of nitrogens with one attached hydrogen (secondary N) is 1. The van der Waals surface area contributed by atoms with Crippen molar-refractivity contribution in [2.75, 3.05) is 24.3 Å². The highest BCUT2D eigenvalue weighted by Gasteiger charge is 2.32. The number of nitrogens with zero attached hydrogens (tertiary/aromatic N) is 3. The second-order valence-corrected chi connectivity index (χ2v) is 7.70. The van der Waals surface area contributed by atoms with E-state index in [0.29, 0.717) is 16.6 Å². The molecule has 0 aliphatic heterocycles. The van der Waals surface area contributed by atoms with Crippen LogP contribution in [0.4, 0.5) is 24.7 Å². The molecule has 142 valence electrons. The van der Waals surface area contributed by atoms with Gasteiger partial charge in [0.05, 0.1) is 17.8 Å². The maximum Gasteiger partial charge on any atom is 0.416 e. The molecule has 0 atom stereocenters. The lowest BCUT2D eigenvalue weighted by molar-refractivity contribution is -0.137. The minimum atomic E-state index is -4.44. The van der Waals surface area contributed by atoms with E-state index in [4.69, 9.17) is 11.6 Å². The third-order valence-electron chi connectivity index (χ3n) is 3.75. The third kappa shape index (κ3) is 4.90. The van der Waals surface area contributed by atoms with Crippen LogP contribution in [0.25, 0.3) is 11.3 Å². The summed E-state index contributed by atoms with van der Waals surface area (Å²) in [4.78, 5) is 10.8. The van der Waals surface area contributed by atoms with Crippen LogP contribution in [0.15, 0.2) is 42.6 Å². The Bertz CT molecular complexity index is 940. The van der Waals surface area contributed by atoms with Crippen LogP contribution in [-0.4, -0.2) is 24.1 Å². The molecule has 2 aromatic heterocycles. The number of hydrogen-bond donors (Lipinski definition) is 1. The average molecular weight is 413 g/mol. The summed E-state index contributed by atoms with van der Waals surface area (Å²) in [5, 5.41) is 3.22. The predicted molar refractivity (Wildman–Crippen MR) is 103 cm³/mol. The van der Waals surface area contributed by atoms with E-state index in [1.165, 1.54) is 11.3 Å². The average Bonchev–Trinajstić information content (AvgIpc) is 3.04. The summed E-state index contributed by atoms with van der Waals surface area (Å²) in [6.07, 6.45) is -2.76. The monoisotopic (exact) mass is 412 g/mol. The van der Waals surface area contributed by atoms with Crippen molar-refractivity contribution in [2.45, 2.75) is 12.7 Å². The van der Waals surface area contributed by atoms with E-state index in [1.54, 1.807) is 43.4 Å². The zero-order chi connectivity index (χ0) is 19.6. The molecule has 27 heavy (non-hydrogen) atoms. The summed E-state index contributed by atoms with van der Waals surface area (Å²) in [6, 6.07) is 9.22. The molecule has 0 aliphatic rings. The molecule has 3 aromatic rings. The number of benzene rings is 1. The zero-order valence-corrected chi connectivity index (χ0v) is 16.1. The van der Waals surface area contributed by atoms with Gasteiger partial charge >= 0.3 is 6.18 Å². The van der Waals surface area contributed by atoms with Crippen LogP contribution in [0.5, 0.6) is 0 Å². The quantitative estimate of drug-likeness (QED) is 0.596. The van der Waals surface area contributed by atoms with Gasteiger partial charge in [-0.05, 0) is 24.3 Å². The predicted octanol–water partition coefficient (Wildman–Crippen LogP) is 5.56. The lowest BCUT2D eigenvalue weighted by atomic mass is 10.1. The number of anilines is 2. The van der Waals surface area contributed by atoms with Crippen molar-refractivity contribution in [1.82, 2.24) is 9.97 Å². The molecule has 1 aromatic carbocycles. The van der Waals surface area contributed by atoms with Crippen molar-refractivity contribution in [3.63, 3.8) is 0 Å². The molecule has 0 saturated carbocycles. The highest BCUT2D eigenvalue weighted by molar-refractivity contribution is 7.15. The number of alkyl halides is 3. The Morgan fingerprint density at radius 1 is 1.19 bits per heavy atom. The van der Waals surface area contributed by atoms with Crippen LogP contribution in [0.2, 0.25) is 4.47 Å². The summed E-state index contributed by atoms with van der Waals surface area (Å²) in [5.74, 6) is 0.248. The second-order valence-electron chi connectivity index (χ2n) is 6.01. The molecular weight excluding hydrogens is 397 g/mol. The van der Waals surface area contributed by atoms with E-state index >= 15 is 0 Å². The third-order valence-corrected chi connectivity index (χ3v) is 4.86. The van der Waals surface area contributed by atoms with Gasteiger partial charge in [-0.15, -0.1) is 11.3 Å². The summed E-state index contributed by atoms with van der Waals surface area (Å²) in [7, 11) is 3.31. The van der Waals surface area contributed by atoms with Gasteiger partial charge in [0.1, 0.15) is 5.82 Å². The van der Waals surface area contributed by atoms with Crippen molar-refractivity contribution in [2.24, 2.45) is 0 Å². The first kappa shape index (κ1) is 19.4. The van der Waals surface area contributed by atoms with Crippen molar-refractivity contribution in [3.8, 4) is 11.3 Å². The van der Waals surface area contributed by atoms with Crippen LogP contribution in [0.1, 0.15) is 10.4 Å². The Hall–Kier alpha value is -2.32. The second kappa shape index (κ2) is 7.74. The molecule has 3 rings (SSSR count). The van der Waals surface area contributed by atoms with E-state index in [-0.39, 0.29) is 11.5 Å². The van der Waals surface area contributed by atoms with Gasteiger partial charge in [-0.2, -0.15) is 13.2 Å². The van der Waals surface area contributed by atoms with Gasteiger partial charge in [0.2, 0.25) is 0 Å². The van der Waals surface area contributed by atoms with Crippen LogP contribution < -0.4 is 10.2 Å². The van der Waals surface area contributed by atoms with Crippen molar-refractivity contribution >= 4 is 34.4 Å². The summed E-state index contributed by atoms with van der Waals surface area (Å²) in [5.41, 5.74) is 0.894. The van der Waals surface area contributed by atoms with Crippen molar-refractivity contribution in [3.05, 3.63) is 57.5 Å². The van der Waals surface area contributed by atoms with Crippen LogP contribution in [0.3, 0.4) is 0 Å². The topological polar surface area (TPSA) is 41.0 Å². The molecule has 0 radical (unpaired) electrons. The molecule has 0 saturated heterocycles. The van der Waals surface area contributed by atoms with E-state index < -0.39 is 11.7 Å². The van der Waals surface area contributed by atoms with Crippen molar-refractivity contribution in [1.29, 1.82) is 0 Å². The zero-order valence-electron chi connectivity index (χ0n) is 14.5. The molecule has 9 heteroatoms. The van der Waals surface area contributed by atoms with Crippen molar-refractivity contribution < 1.29 is 13.2 Å². The van der Waals surface area contributed by atoms with Gasteiger partial charge in [0, 0.05) is 36.4 Å². The van der Waals surface area contributed by atoms with Crippen LogP contribution in [0, 0.1) is 0 Å². The molecule has 0 fully saturated rings. The molecule has 1 N–H and O–H groups in total. The number of pyridine rings is 1. The summed E-state index contributed by atoms with van der Waals surface area (Å²) in [6.45, 7) is 0.521. The fraction of sp³-hybridized carbons (Fsp3) is 0.222. The highest BCUT2D eigenvalue weighted by atomic mass is 35.5. The number of hydrogen-bond acceptors (Lipinski definition) is 5. The first-order valence-corrected chi connectivity index (χ1v) is 9.13. The minimum Gasteiger partial charge on any atom is -0.380 e. The van der Waals surface area contributed by atoms with E-state index in [0.717, 1.165) is 22.7 Å². The SMILES string of the molecule is CN(C)c1cc(C(F)(F)F)cc(-c2cccc(NCc3cnc(Cl)s3)c2)n1. The Labute approximate surface area is 163 Å².